The fourth-order valence-electron chi connectivity index (χ4n) is 1.38. The molecule has 0 saturated heterocycles. The molecule has 0 radical (unpaired) electrons. The number of carboxylic acids is 2. The molecule has 1 rings (SSSR count). The first kappa shape index (κ1) is 19.6. The molecule has 2 atom stereocenters. The van der Waals surface area contributed by atoms with Gasteiger partial charge in [0.25, 0.3) is 0 Å². The number of benzene rings is 1. The summed E-state index contributed by atoms with van der Waals surface area (Å²) >= 11 is 0. The van der Waals surface area contributed by atoms with Crippen LogP contribution >= 0.6 is 0 Å². The predicted octanol–water partition coefficient (Wildman–Crippen LogP) is -0.398. The van der Waals surface area contributed by atoms with Crippen molar-refractivity contribution in [3.05, 3.63) is 35.9 Å². The average molecular weight is 312 g/mol. The van der Waals surface area contributed by atoms with Crippen molar-refractivity contribution in [2.24, 2.45) is 11.5 Å². The summed E-state index contributed by atoms with van der Waals surface area (Å²) in [6.07, 6.45) is -0.0111. The number of hydrogen-bond acceptors (Lipinski definition) is 6. The number of aliphatic carboxylic acids is 2. The van der Waals surface area contributed by atoms with E-state index in [1.54, 1.807) is 0 Å². The lowest BCUT2D eigenvalue weighted by atomic mass is 10.1. The van der Waals surface area contributed by atoms with Crippen LogP contribution in [0.25, 0.3) is 0 Å². The molecule has 1 aromatic rings. The summed E-state index contributed by atoms with van der Waals surface area (Å²) in [5.41, 5.74) is 11.5. The summed E-state index contributed by atoms with van der Waals surface area (Å²) < 4.78 is 4.52. The molecular weight excluding hydrogens is 292 g/mol. The quantitative estimate of drug-likeness (QED) is 0.518. The predicted molar refractivity (Wildman–Crippen MR) is 78.0 cm³/mol. The van der Waals surface area contributed by atoms with Crippen LogP contribution < -0.4 is 11.5 Å². The lowest BCUT2D eigenvalue weighted by Crippen LogP contribution is -2.33. The minimum atomic E-state index is -1.29. The van der Waals surface area contributed by atoms with Gasteiger partial charge in [0.2, 0.25) is 0 Å². The maximum atomic E-state index is 11.0. The van der Waals surface area contributed by atoms with E-state index >= 15 is 0 Å². The number of carbonyl (C=O) groups excluding carboxylic acids is 1. The molecule has 0 bridgehead atoms. The van der Waals surface area contributed by atoms with Crippen molar-refractivity contribution in [2.45, 2.75) is 24.9 Å². The monoisotopic (exact) mass is 312 g/mol. The van der Waals surface area contributed by atoms with Gasteiger partial charge in [-0.15, -0.1) is 0 Å². The van der Waals surface area contributed by atoms with Gasteiger partial charge in [0.05, 0.1) is 13.5 Å². The van der Waals surface area contributed by atoms with Gasteiger partial charge in [-0.2, -0.15) is 0 Å². The van der Waals surface area contributed by atoms with E-state index in [9.17, 15) is 14.4 Å². The van der Waals surface area contributed by atoms with Crippen molar-refractivity contribution in [1.29, 1.82) is 0 Å². The summed E-state index contributed by atoms with van der Waals surface area (Å²) in [5, 5.41) is 16.0. The first-order chi connectivity index (χ1) is 10.3. The van der Waals surface area contributed by atoms with Gasteiger partial charge in [-0.25, -0.2) is 0 Å². The summed E-state index contributed by atoms with van der Waals surface area (Å²) in [5.74, 6) is -2.87. The zero-order valence-corrected chi connectivity index (χ0v) is 12.1. The van der Waals surface area contributed by atoms with Crippen molar-refractivity contribution >= 4 is 17.9 Å². The molecular formula is C14H20N2O6. The van der Waals surface area contributed by atoms with Gasteiger partial charge >= 0.3 is 17.9 Å². The van der Waals surface area contributed by atoms with Gasteiger partial charge in [-0.1, -0.05) is 30.3 Å². The number of hydrogen-bond donors (Lipinski definition) is 4. The molecule has 1 aromatic carbocycles. The standard InChI is InChI=1S/C10H13NO2.C4H7NO4/c1-13-10(12)9(11)7-8-5-3-2-4-6-8;5-2(4(8)9)1-3(6)7/h2-6,9H,7,11H2,1H3;2H,1,5H2,(H,6,7)(H,8,9)/t9-;2-/m00/s1. The van der Waals surface area contributed by atoms with Crippen molar-refractivity contribution in [1.82, 2.24) is 0 Å². The smallest absolute Gasteiger partial charge is 0.322 e. The van der Waals surface area contributed by atoms with Crippen molar-refractivity contribution in [3.63, 3.8) is 0 Å². The van der Waals surface area contributed by atoms with E-state index in [0.29, 0.717) is 6.42 Å². The molecule has 0 aliphatic rings. The first-order valence-corrected chi connectivity index (χ1v) is 6.35. The highest BCUT2D eigenvalue weighted by atomic mass is 16.5. The van der Waals surface area contributed by atoms with Crippen LogP contribution in [0.5, 0.6) is 0 Å². The molecule has 0 unspecified atom stereocenters. The van der Waals surface area contributed by atoms with Gasteiger partial charge in [-0.3, -0.25) is 14.4 Å². The molecule has 0 aliphatic heterocycles. The highest BCUT2D eigenvalue weighted by molar-refractivity contribution is 5.80. The van der Waals surface area contributed by atoms with E-state index in [0.717, 1.165) is 5.56 Å². The van der Waals surface area contributed by atoms with Gasteiger partial charge < -0.3 is 26.4 Å². The summed E-state index contributed by atoms with van der Waals surface area (Å²) in [4.78, 5) is 30.6. The third kappa shape index (κ3) is 8.67. The van der Waals surface area contributed by atoms with E-state index in [1.165, 1.54) is 7.11 Å². The Labute approximate surface area is 127 Å². The van der Waals surface area contributed by atoms with E-state index in [4.69, 9.17) is 21.7 Å². The maximum Gasteiger partial charge on any atom is 0.322 e. The number of rotatable bonds is 6. The van der Waals surface area contributed by atoms with Gasteiger partial charge in [0, 0.05) is 0 Å². The summed E-state index contributed by atoms with van der Waals surface area (Å²) in [6.45, 7) is 0. The van der Waals surface area contributed by atoms with E-state index in [-0.39, 0.29) is 5.97 Å². The zero-order chi connectivity index (χ0) is 17.1. The highest BCUT2D eigenvalue weighted by Crippen LogP contribution is 2.02. The van der Waals surface area contributed by atoms with Crippen molar-refractivity contribution < 1.29 is 29.3 Å². The number of carboxylic acid groups (broad SMARTS) is 2. The van der Waals surface area contributed by atoms with Crippen LogP contribution in [-0.4, -0.2) is 47.3 Å². The largest absolute Gasteiger partial charge is 0.481 e. The Bertz CT molecular complexity index is 491. The van der Waals surface area contributed by atoms with Crippen LogP contribution in [-0.2, 0) is 25.5 Å². The minimum absolute atomic E-state index is 0.371. The number of methoxy groups -OCH3 is 1. The molecule has 0 spiro atoms. The van der Waals surface area contributed by atoms with Crippen molar-refractivity contribution in [2.75, 3.05) is 7.11 Å². The molecule has 8 heteroatoms. The fourth-order valence-corrected chi connectivity index (χ4v) is 1.38. The van der Waals surface area contributed by atoms with Crippen LogP contribution in [0.2, 0.25) is 0 Å². The molecule has 0 aliphatic carbocycles. The van der Waals surface area contributed by atoms with Crippen LogP contribution in [0, 0.1) is 0 Å². The third-order valence-corrected chi connectivity index (χ3v) is 2.51. The van der Waals surface area contributed by atoms with E-state index in [2.05, 4.69) is 4.74 Å². The number of esters is 1. The Hall–Kier alpha value is -2.45. The van der Waals surface area contributed by atoms with Crippen LogP contribution in [0.15, 0.2) is 30.3 Å². The Morgan fingerprint density at radius 2 is 1.64 bits per heavy atom. The Balaban J connectivity index is 0.000000433. The number of nitrogens with two attached hydrogens (primary N) is 2. The maximum absolute atomic E-state index is 11.0. The molecule has 6 N–H and O–H groups in total. The molecule has 0 amide bonds. The molecule has 122 valence electrons. The molecule has 0 aromatic heterocycles. The Morgan fingerprint density at radius 1 is 1.09 bits per heavy atom. The summed E-state index contributed by atoms with van der Waals surface area (Å²) in [6, 6.07) is 7.77. The first-order valence-electron chi connectivity index (χ1n) is 6.35. The molecule has 8 nitrogen and oxygen atoms in total. The van der Waals surface area contributed by atoms with Crippen molar-refractivity contribution in [3.8, 4) is 0 Å². The molecule has 0 heterocycles. The number of carbonyl (C=O) groups is 3. The zero-order valence-electron chi connectivity index (χ0n) is 12.1. The van der Waals surface area contributed by atoms with Gasteiger partial charge in [-0.05, 0) is 12.0 Å². The Kier molecular flexibility index (Phi) is 9.15. The highest BCUT2D eigenvalue weighted by Gasteiger charge is 2.14. The minimum Gasteiger partial charge on any atom is -0.481 e. The SMILES string of the molecule is COC(=O)[C@@H](N)Cc1ccccc1.N[C@@H](CC(=O)O)C(=O)O. The Morgan fingerprint density at radius 3 is 2.00 bits per heavy atom. The normalized spacial score (nSPS) is 12.3. The van der Waals surface area contributed by atoms with Crippen LogP contribution in [0.1, 0.15) is 12.0 Å². The second-order valence-corrected chi connectivity index (χ2v) is 4.36. The third-order valence-electron chi connectivity index (χ3n) is 2.51. The summed E-state index contributed by atoms with van der Waals surface area (Å²) in [7, 11) is 1.34. The topological polar surface area (TPSA) is 153 Å². The van der Waals surface area contributed by atoms with Gasteiger partial charge in [0.15, 0.2) is 0 Å². The molecule has 0 saturated carbocycles. The average Bonchev–Trinajstić information content (AvgIpc) is 2.47. The molecule has 22 heavy (non-hydrogen) atoms. The van der Waals surface area contributed by atoms with Crippen LogP contribution in [0.4, 0.5) is 0 Å². The van der Waals surface area contributed by atoms with Crippen LogP contribution in [0.3, 0.4) is 0 Å². The lowest BCUT2D eigenvalue weighted by Gasteiger charge is -2.08. The van der Waals surface area contributed by atoms with E-state index in [1.807, 2.05) is 30.3 Å². The second kappa shape index (κ2) is 10.3. The fraction of sp³-hybridized carbons (Fsp3) is 0.357. The van der Waals surface area contributed by atoms with Gasteiger partial charge in [0.1, 0.15) is 12.1 Å². The van der Waals surface area contributed by atoms with E-state index < -0.39 is 30.4 Å². The second-order valence-electron chi connectivity index (χ2n) is 4.36. The lowest BCUT2D eigenvalue weighted by molar-refractivity contribution is -0.144. The number of ether oxygens (including phenoxy) is 1. The molecule has 0 fully saturated rings.